The lowest BCUT2D eigenvalue weighted by atomic mass is 9.87. The van der Waals surface area contributed by atoms with Crippen molar-refractivity contribution in [1.82, 2.24) is 9.80 Å². The molecule has 19 heavy (non-hydrogen) atoms. The van der Waals surface area contributed by atoms with E-state index in [0.29, 0.717) is 30.6 Å². The summed E-state index contributed by atoms with van der Waals surface area (Å²) >= 11 is 0. The molecular formula is C15H28N2O2. The number of hydrogen-bond acceptors (Lipinski definition) is 2. The Morgan fingerprint density at radius 1 is 1.16 bits per heavy atom. The van der Waals surface area contributed by atoms with Crippen LogP contribution in [0.15, 0.2) is 0 Å². The molecule has 1 aliphatic rings. The fourth-order valence-electron chi connectivity index (χ4n) is 2.53. The zero-order valence-corrected chi connectivity index (χ0v) is 13.0. The van der Waals surface area contributed by atoms with Crippen LogP contribution in [0.5, 0.6) is 0 Å². The van der Waals surface area contributed by atoms with Crippen molar-refractivity contribution in [1.29, 1.82) is 0 Å². The van der Waals surface area contributed by atoms with Crippen molar-refractivity contribution in [2.24, 2.45) is 17.8 Å². The molecule has 2 amide bonds. The van der Waals surface area contributed by atoms with Gasteiger partial charge in [-0.1, -0.05) is 20.8 Å². The average Bonchev–Trinajstić information content (AvgIpc) is 2.21. The SMILES string of the molecule is CC(C)CC(=O)N1CC(CC(C)CC(=O)N(C)C)C1. The van der Waals surface area contributed by atoms with E-state index in [9.17, 15) is 9.59 Å². The molecule has 0 aromatic heterocycles. The summed E-state index contributed by atoms with van der Waals surface area (Å²) in [6, 6.07) is 0. The van der Waals surface area contributed by atoms with Gasteiger partial charge in [-0.3, -0.25) is 9.59 Å². The largest absolute Gasteiger partial charge is 0.349 e. The molecule has 1 fully saturated rings. The summed E-state index contributed by atoms with van der Waals surface area (Å²) in [7, 11) is 3.59. The number of carbonyl (C=O) groups is 2. The van der Waals surface area contributed by atoms with Gasteiger partial charge in [0.25, 0.3) is 0 Å². The highest BCUT2D eigenvalue weighted by Gasteiger charge is 2.31. The minimum Gasteiger partial charge on any atom is -0.349 e. The third kappa shape index (κ3) is 5.21. The Labute approximate surface area is 117 Å². The van der Waals surface area contributed by atoms with Crippen LogP contribution < -0.4 is 0 Å². The molecule has 0 aliphatic carbocycles. The Bertz CT molecular complexity index is 320. The van der Waals surface area contributed by atoms with E-state index >= 15 is 0 Å². The number of nitrogens with zero attached hydrogens (tertiary/aromatic N) is 2. The molecule has 0 aromatic rings. The predicted octanol–water partition coefficient (Wildman–Crippen LogP) is 2.00. The van der Waals surface area contributed by atoms with E-state index in [-0.39, 0.29) is 11.8 Å². The Hall–Kier alpha value is -1.06. The fourth-order valence-corrected chi connectivity index (χ4v) is 2.53. The highest BCUT2D eigenvalue weighted by Crippen LogP contribution is 2.26. The summed E-state index contributed by atoms with van der Waals surface area (Å²) in [4.78, 5) is 27.0. The van der Waals surface area contributed by atoms with Crippen LogP contribution in [-0.2, 0) is 9.59 Å². The van der Waals surface area contributed by atoms with Crippen molar-refractivity contribution in [2.45, 2.75) is 40.0 Å². The van der Waals surface area contributed by atoms with Gasteiger partial charge in [0.15, 0.2) is 0 Å². The van der Waals surface area contributed by atoms with E-state index in [4.69, 9.17) is 0 Å². The molecule has 1 heterocycles. The van der Waals surface area contributed by atoms with Gasteiger partial charge in [-0.25, -0.2) is 0 Å². The van der Waals surface area contributed by atoms with Gasteiger partial charge in [0.05, 0.1) is 0 Å². The van der Waals surface area contributed by atoms with Crippen LogP contribution in [0.2, 0.25) is 0 Å². The summed E-state index contributed by atoms with van der Waals surface area (Å²) in [6.45, 7) is 8.03. The molecule has 0 aromatic carbocycles. The second-order valence-corrected chi connectivity index (χ2v) is 6.60. The van der Waals surface area contributed by atoms with Crippen LogP contribution in [0.4, 0.5) is 0 Å². The molecule has 0 bridgehead atoms. The van der Waals surface area contributed by atoms with Crippen molar-refractivity contribution < 1.29 is 9.59 Å². The van der Waals surface area contributed by atoms with Gasteiger partial charge < -0.3 is 9.80 Å². The summed E-state index contributed by atoms with van der Waals surface area (Å²) in [5, 5.41) is 0. The second-order valence-electron chi connectivity index (χ2n) is 6.60. The zero-order chi connectivity index (χ0) is 14.6. The molecule has 1 rings (SSSR count). The van der Waals surface area contributed by atoms with E-state index in [1.165, 1.54) is 0 Å². The van der Waals surface area contributed by atoms with Crippen molar-refractivity contribution in [2.75, 3.05) is 27.2 Å². The molecule has 4 nitrogen and oxygen atoms in total. The van der Waals surface area contributed by atoms with E-state index in [2.05, 4.69) is 20.8 Å². The first-order chi connectivity index (χ1) is 8.79. The van der Waals surface area contributed by atoms with Crippen molar-refractivity contribution in [3.63, 3.8) is 0 Å². The predicted molar refractivity (Wildman–Crippen MR) is 76.6 cm³/mol. The Morgan fingerprint density at radius 3 is 2.21 bits per heavy atom. The molecule has 1 atom stereocenters. The Morgan fingerprint density at radius 2 is 1.74 bits per heavy atom. The molecule has 1 saturated heterocycles. The summed E-state index contributed by atoms with van der Waals surface area (Å²) < 4.78 is 0. The van der Waals surface area contributed by atoms with Gasteiger partial charge in [0, 0.05) is 40.0 Å². The van der Waals surface area contributed by atoms with Crippen LogP contribution in [0.25, 0.3) is 0 Å². The van der Waals surface area contributed by atoms with Gasteiger partial charge in [-0.2, -0.15) is 0 Å². The summed E-state index contributed by atoms with van der Waals surface area (Å²) in [5.74, 6) is 1.90. The van der Waals surface area contributed by atoms with E-state index in [1.807, 2.05) is 4.90 Å². The molecule has 0 saturated carbocycles. The lowest BCUT2D eigenvalue weighted by molar-refractivity contribution is -0.139. The lowest BCUT2D eigenvalue weighted by Gasteiger charge is -2.41. The monoisotopic (exact) mass is 268 g/mol. The topological polar surface area (TPSA) is 40.6 Å². The Balaban J connectivity index is 2.21. The second kappa shape index (κ2) is 6.92. The molecule has 0 radical (unpaired) electrons. The van der Waals surface area contributed by atoms with Crippen molar-refractivity contribution >= 4 is 11.8 Å². The maximum Gasteiger partial charge on any atom is 0.222 e. The summed E-state index contributed by atoms with van der Waals surface area (Å²) in [6.07, 6.45) is 2.32. The zero-order valence-electron chi connectivity index (χ0n) is 13.0. The van der Waals surface area contributed by atoms with E-state index < -0.39 is 0 Å². The van der Waals surface area contributed by atoms with Gasteiger partial charge in [-0.05, 0) is 24.2 Å². The third-order valence-corrected chi connectivity index (χ3v) is 3.65. The maximum atomic E-state index is 11.8. The first-order valence-corrected chi connectivity index (χ1v) is 7.27. The number of hydrogen-bond donors (Lipinski definition) is 0. The maximum absolute atomic E-state index is 11.8. The van der Waals surface area contributed by atoms with Crippen LogP contribution in [0, 0.1) is 17.8 Å². The molecule has 0 N–H and O–H groups in total. The molecule has 110 valence electrons. The van der Waals surface area contributed by atoms with Crippen molar-refractivity contribution in [3.8, 4) is 0 Å². The highest BCUT2D eigenvalue weighted by atomic mass is 16.2. The summed E-state index contributed by atoms with van der Waals surface area (Å²) in [5.41, 5.74) is 0. The van der Waals surface area contributed by atoms with Crippen LogP contribution >= 0.6 is 0 Å². The minimum atomic E-state index is 0.194. The number of amides is 2. The smallest absolute Gasteiger partial charge is 0.222 e. The van der Waals surface area contributed by atoms with Crippen LogP contribution in [0.3, 0.4) is 0 Å². The quantitative estimate of drug-likeness (QED) is 0.739. The van der Waals surface area contributed by atoms with Gasteiger partial charge in [0.2, 0.25) is 11.8 Å². The van der Waals surface area contributed by atoms with Crippen LogP contribution in [0.1, 0.15) is 40.0 Å². The normalized spacial score (nSPS) is 17.3. The third-order valence-electron chi connectivity index (χ3n) is 3.65. The fraction of sp³-hybridized carbons (Fsp3) is 0.867. The average molecular weight is 268 g/mol. The standard InChI is InChI=1S/C15H28N2O2/c1-11(2)6-15(19)17-9-13(10-17)7-12(3)8-14(18)16(4)5/h11-13H,6-10H2,1-5H3. The lowest BCUT2D eigenvalue weighted by Crippen LogP contribution is -2.50. The molecule has 4 heteroatoms. The highest BCUT2D eigenvalue weighted by molar-refractivity contribution is 5.77. The van der Waals surface area contributed by atoms with E-state index in [0.717, 1.165) is 19.5 Å². The molecule has 0 spiro atoms. The number of rotatable bonds is 6. The molecule has 1 aliphatic heterocycles. The first kappa shape index (κ1) is 16.0. The van der Waals surface area contributed by atoms with Crippen molar-refractivity contribution in [3.05, 3.63) is 0 Å². The molecular weight excluding hydrogens is 240 g/mol. The minimum absolute atomic E-state index is 0.194. The van der Waals surface area contributed by atoms with Gasteiger partial charge in [0.1, 0.15) is 0 Å². The van der Waals surface area contributed by atoms with Crippen LogP contribution in [-0.4, -0.2) is 48.8 Å². The first-order valence-electron chi connectivity index (χ1n) is 7.27. The molecule has 1 unspecified atom stereocenters. The van der Waals surface area contributed by atoms with Gasteiger partial charge >= 0.3 is 0 Å². The Kier molecular flexibility index (Phi) is 5.83. The van der Waals surface area contributed by atoms with E-state index in [1.54, 1.807) is 19.0 Å². The van der Waals surface area contributed by atoms with Gasteiger partial charge in [-0.15, -0.1) is 0 Å². The number of likely N-dealkylation sites (tertiary alicyclic amines) is 1. The number of carbonyl (C=O) groups excluding carboxylic acids is 2.